The average molecular weight is 781 g/mol. The van der Waals surface area contributed by atoms with Crippen molar-refractivity contribution in [3.8, 4) is 27.9 Å². The molecule has 0 unspecified atom stereocenters. The topological polar surface area (TPSA) is 21.3 Å². The first-order valence-electron chi connectivity index (χ1n) is 21.1. The van der Waals surface area contributed by atoms with E-state index in [9.17, 15) is 0 Å². The zero-order chi connectivity index (χ0) is 40.3. The standard InChI is InChI=1S/C58H40N2O/c1-2-16-43(17-3-1)56-46-19-7-6-15-42(46)34-35-53(56)60-50-23-10-8-21-49(50)57-51(24-13-25-52(57)60)59(54-26-12-22-48-47-20-9-11-27-55(47)61-58(48)54)37-36-39-28-30-41(31-29-39)45-33-32-40-14-4-5-18-44(40)38-45/h1-35,38H,36-37H2. The van der Waals surface area contributed by atoms with Crippen molar-refractivity contribution in [2.75, 3.05) is 11.4 Å². The van der Waals surface area contributed by atoms with Crippen LogP contribution in [0.25, 0.3) is 93.2 Å². The number of para-hydroxylation sites is 3. The molecule has 0 amide bonds. The monoisotopic (exact) mass is 780 g/mol. The van der Waals surface area contributed by atoms with Gasteiger partial charge >= 0.3 is 0 Å². The van der Waals surface area contributed by atoms with Gasteiger partial charge in [-0.25, -0.2) is 0 Å². The van der Waals surface area contributed by atoms with E-state index in [0.29, 0.717) is 0 Å². The molecule has 3 heteroatoms. The summed E-state index contributed by atoms with van der Waals surface area (Å²) in [5.74, 6) is 0. The molecular formula is C58H40N2O. The Morgan fingerprint density at radius 1 is 0.410 bits per heavy atom. The van der Waals surface area contributed by atoms with Crippen LogP contribution in [-0.2, 0) is 6.42 Å². The Balaban J connectivity index is 1.04. The Labute approximate surface area is 354 Å². The fraction of sp³-hybridized carbons (Fsp3) is 0.0345. The van der Waals surface area contributed by atoms with Crippen LogP contribution in [0.1, 0.15) is 5.56 Å². The highest BCUT2D eigenvalue weighted by Crippen LogP contribution is 2.45. The average Bonchev–Trinajstić information content (AvgIpc) is 3.88. The van der Waals surface area contributed by atoms with Crippen molar-refractivity contribution < 1.29 is 4.42 Å². The van der Waals surface area contributed by atoms with Crippen molar-refractivity contribution in [1.29, 1.82) is 0 Å². The first-order valence-corrected chi connectivity index (χ1v) is 21.1. The zero-order valence-electron chi connectivity index (χ0n) is 33.5. The summed E-state index contributed by atoms with van der Waals surface area (Å²) in [5, 5.41) is 9.65. The summed E-state index contributed by atoms with van der Waals surface area (Å²) >= 11 is 0. The lowest BCUT2D eigenvalue weighted by atomic mass is 9.96. The van der Waals surface area contributed by atoms with Gasteiger partial charge < -0.3 is 13.9 Å². The van der Waals surface area contributed by atoms with Gasteiger partial charge in [0, 0.05) is 33.7 Å². The second-order valence-corrected chi connectivity index (χ2v) is 16.0. The number of fused-ring (bicyclic) bond motifs is 8. The molecule has 3 nitrogen and oxygen atoms in total. The molecule has 0 fully saturated rings. The molecule has 12 rings (SSSR count). The molecular weight excluding hydrogens is 741 g/mol. The Morgan fingerprint density at radius 3 is 1.92 bits per heavy atom. The van der Waals surface area contributed by atoms with Crippen LogP contribution in [-0.4, -0.2) is 11.1 Å². The van der Waals surface area contributed by atoms with Gasteiger partial charge in [-0.3, -0.25) is 0 Å². The van der Waals surface area contributed by atoms with Crippen LogP contribution in [0.3, 0.4) is 0 Å². The first-order chi connectivity index (χ1) is 30.3. The van der Waals surface area contributed by atoms with Crippen molar-refractivity contribution in [3.63, 3.8) is 0 Å². The largest absolute Gasteiger partial charge is 0.454 e. The van der Waals surface area contributed by atoms with E-state index in [1.54, 1.807) is 0 Å². The molecule has 0 N–H and O–H groups in total. The Bertz CT molecular complexity index is 3600. The highest BCUT2D eigenvalue weighted by molar-refractivity contribution is 6.18. The molecule has 0 aliphatic rings. The number of hydrogen-bond donors (Lipinski definition) is 0. The Morgan fingerprint density at radius 2 is 1.05 bits per heavy atom. The predicted molar refractivity (Wildman–Crippen MR) is 258 cm³/mol. The molecule has 0 aliphatic heterocycles. The van der Waals surface area contributed by atoms with Crippen molar-refractivity contribution in [2.24, 2.45) is 0 Å². The molecule has 0 saturated carbocycles. The molecule has 0 aliphatic carbocycles. The van der Waals surface area contributed by atoms with Crippen molar-refractivity contribution in [2.45, 2.75) is 6.42 Å². The summed E-state index contributed by atoms with van der Waals surface area (Å²) in [5.41, 5.74) is 13.6. The maximum atomic E-state index is 6.77. The van der Waals surface area contributed by atoms with E-state index in [-0.39, 0.29) is 0 Å². The van der Waals surface area contributed by atoms with E-state index in [0.717, 1.165) is 57.5 Å². The van der Waals surface area contributed by atoms with Crippen LogP contribution in [0.5, 0.6) is 0 Å². The van der Waals surface area contributed by atoms with Gasteiger partial charge in [0.1, 0.15) is 5.58 Å². The summed E-state index contributed by atoms with van der Waals surface area (Å²) < 4.78 is 9.25. The zero-order valence-corrected chi connectivity index (χ0v) is 33.5. The van der Waals surface area contributed by atoms with Crippen LogP contribution >= 0.6 is 0 Å². The van der Waals surface area contributed by atoms with Crippen LogP contribution < -0.4 is 4.90 Å². The van der Waals surface area contributed by atoms with Crippen molar-refractivity contribution in [3.05, 3.63) is 224 Å². The lowest BCUT2D eigenvalue weighted by Gasteiger charge is -2.26. The van der Waals surface area contributed by atoms with Gasteiger partial charge in [-0.05, 0) is 92.7 Å². The molecule has 2 heterocycles. The van der Waals surface area contributed by atoms with Gasteiger partial charge in [0.25, 0.3) is 0 Å². The lowest BCUT2D eigenvalue weighted by Crippen LogP contribution is -2.20. The minimum absolute atomic E-state index is 0.745. The molecule has 0 bridgehead atoms. The number of anilines is 2. The summed E-state index contributed by atoms with van der Waals surface area (Å²) in [6.45, 7) is 0.745. The van der Waals surface area contributed by atoms with Crippen LogP contribution in [0.15, 0.2) is 223 Å². The summed E-state index contributed by atoms with van der Waals surface area (Å²) in [6, 6.07) is 79.2. The minimum Gasteiger partial charge on any atom is -0.454 e. The van der Waals surface area contributed by atoms with Gasteiger partial charge in [0.05, 0.1) is 28.1 Å². The number of rotatable bonds is 8. The van der Waals surface area contributed by atoms with Gasteiger partial charge in [0.15, 0.2) is 5.58 Å². The fourth-order valence-corrected chi connectivity index (χ4v) is 9.63. The highest BCUT2D eigenvalue weighted by Gasteiger charge is 2.24. The maximum absolute atomic E-state index is 6.77. The van der Waals surface area contributed by atoms with Crippen LogP contribution in [0.4, 0.5) is 11.4 Å². The lowest BCUT2D eigenvalue weighted by molar-refractivity contribution is 0.667. The van der Waals surface area contributed by atoms with E-state index >= 15 is 0 Å². The first kappa shape index (κ1) is 35.1. The Kier molecular flexibility index (Phi) is 8.31. The van der Waals surface area contributed by atoms with Gasteiger partial charge in [-0.1, -0.05) is 176 Å². The van der Waals surface area contributed by atoms with Crippen molar-refractivity contribution in [1.82, 2.24) is 4.57 Å². The summed E-state index contributed by atoms with van der Waals surface area (Å²) in [4.78, 5) is 2.50. The molecule has 0 atom stereocenters. The summed E-state index contributed by atoms with van der Waals surface area (Å²) in [6.07, 6.45) is 0.840. The second kappa shape index (κ2) is 14.4. The normalized spacial score (nSPS) is 11.7. The van der Waals surface area contributed by atoms with E-state index < -0.39 is 0 Å². The smallest absolute Gasteiger partial charge is 0.159 e. The van der Waals surface area contributed by atoms with Crippen molar-refractivity contribution >= 4 is 76.7 Å². The number of benzene rings is 10. The van der Waals surface area contributed by atoms with E-state index in [1.807, 2.05) is 0 Å². The third-order valence-electron chi connectivity index (χ3n) is 12.5. The molecule has 10 aromatic carbocycles. The number of hydrogen-bond acceptors (Lipinski definition) is 2. The molecule has 2 aromatic heterocycles. The van der Waals surface area contributed by atoms with Gasteiger partial charge in [-0.2, -0.15) is 0 Å². The van der Waals surface area contributed by atoms with E-state index in [2.05, 4.69) is 228 Å². The van der Waals surface area contributed by atoms with Crippen LogP contribution in [0.2, 0.25) is 0 Å². The second-order valence-electron chi connectivity index (χ2n) is 16.0. The fourth-order valence-electron chi connectivity index (χ4n) is 9.63. The molecule has 61 heavy (non-hydrogen) atoms. The van der Waals surface area contributed by atoms with E-state index in [4.69, 9.17) is 4.42 Å². The highest BCUT2D eigenvalue weighted by atomic mass is 16.3. The number of furan rings is 1. The minimum atomic E-state index is 0.745. The maximum Gasteiger partial charge on any atom is 0.159 e. The predicted octanol–water partition coefficient (Wildman–Crippen LogP) is 15.7. The third-order valence-corrected chi connectivity index (χ3v) is 12.5. The van der Waals surface area contributed by atoms with Gasteiger partial charge in [-0.15, -0.1) is 0 Å². The van der Waals surface area contributed by atoms with Crippen LogP contribution in [0, 0.1) is 0 Å². The molecule has 0 spiro atoms. The third kappa shape index (κ3) is 5.89. The molecule has 0 saturated heterocycles. The SMILES string of the molecule is c1ccc(-c2c(-n3c4ccccc4c4c(N(CCc5ccc(-c6ccc7ccccc7c6)cc5)c5cccc6c5oc5ccccc56)cccc43)ccc3ccccc23)cc1. The number of aromatic nitrogens is 1. The number of nitrogens with zero attached hydrogens (tertiary/aromatic N) is 2. The molecule has 288 valence electrons. The molecule has 12 aromatic rings. The quantitative estimate of drug-likeness (QED) is 0.153. The molecule has 0 radical (unpaired) electrons. The van der Waals surface area contributed by atoms with E-state index in [1.165, 1.54) is 65.7 Å². The van der Waals surface area contributed by atoms with Gasteiger partial charge in [0.2, 0.25) is 0 Å². The Hall–Kier alpha value is -7.88. The summed E-state index contributed by atoms with van der Waals surface area (Å²) in [7, 11) is 0.